The number of halogens is 2. The first-order chi connectivity index (χ1) is 12.7. The first-order valence-electron chi connectivity index (χ1n) is 9.18. The molecule has 0 radical (unpaired) electrons. The lowest BCUT2D eigenvalue weighted by molar-refractivity contribution is 0.0356. The van der Waals surface area contributed by atoms with Crippen LogP contribution in [0.4, 0.5) is 8.78 Å². The Morgan fingerprint density at radius 1 is 1.30 bits per heavy atom. The molecule has 1 aliphatic rings. The highest BCUT2D eigenvalue weighted by molar-refractivity contribution is 5.95. The number of rotatable bonds is 4. The average molecular weight is 377 g/mol. The average Bonchev–Trinajstić information content (AvgIpc) is 2.97. The van der Waals surface area contributed by atoms with Crippen molar-refractivity contribution in [3.63, 3.8) is 0 Å². The molecule has 0 aliphatic carbocycles. The van der Waals surface area contributed by atoms with Crippen LogP contribution in [0.2, 0.25) is 0 Å². The van der Waals surface area contributed by atoms with E-state index in [2.05, 4.69) is 10.2 Å². The maximum absolute atomic E-state index is 13.5. The second-order valence-electron chi connectivity index (χ2n) is 7.95. The highest BCUT2D eigenvalue weighted by atomic mass is 19.2. The Hall–Kier alpha value is -2.28. The van der Waals surface area contributed by atoms with Crippen molar-refractivity contribution in [3.8, 4) is 11.3 Å². The number of carbonyl (C=O) groups excluding carboxylic acids is 1. The molecule has 3 rings (SSSR count). The Kier molecular flexibility index (Phi) is 5.33. The quantitative estimate of drug-likeness (QED) is 0.854. The number of hydrogen-bond acceptors (Lipinski definition) is 3. The molecule has 1 aromatic carbocycles. The van der Waals surface area contributed by atoms with E-state index in [-0.39, 0.29) is 5.91 Å². The minimum absolute atomic E-state index is 0.143. The molecular formula is C20H25F2N3O2. The first-order valence-corrected chi connectivity index (χ1v) is 9.18. The molecule has 1 fully saturated rings. The van der Waals surface area contributed by atoms with Crippen LogP contribution in [0.25, 0.3) is 11.3 Å². The monoisotopic (exact) mass is 377 g/mol. The highest BCUT2D eigenvalue weighted by Crippen LogP contribution is 2.29. The summed E-state index contributed by atoms with van der Waals surface area (Å²) in [7, 11) is 0. The predicted molar refractivity (Wildman–Crippen MR) is 98.2 cm³/mol. The molecule has 0 atom stereocenters. The van der Waals surface area contributed by atoms with Crippen LogP contribution < -0.4 is 0 Å². The number of H-pyrrole nitrogens is 1. The van der Waals surface area contributed by atoms with Gasteiger partial charge in [0.1, 0.15) is 5.69 Å². The van der Waals surface area contributed by atoms with E-state index >= 15 is 0 Å². The zero-order chi connectivity index (χ0) is 19.8. The molecule has 1 aliphatic heterocycles. The van der Waals surface area contributed by atoms with E-state index in [1.165, 1.54) is 6.07 Å². The third-order valence-electron chi connectivity index (χ3n) is 5.11. The molecule has 0 saturated carbocycles. The molecule has 0 unspecified atom stereocenters. The summed E-state index contributed by atoms with van der Waals surface area (Å²) < 4.78 is 26.6. The second kappa shape index (κ2) is 7.38. The van der Waals surface area contributed by atoms with Crippen LogP contribution in [-0.4, -0.2) is 44.8 Å². The molecule has 5 nitrogen and oxygen atoms in total. The number of hydrogen-bond donors (Lipinski definition) is 2. The molecule has 1 saturated heterocycles. The van der Waals surface area contributed by atoms with Gasteiger partial charge >= 0.3 is 0 Å². The van der Waals surface area contributed by atoms with E-state index in [0.29, 0.717) is 41.5 Å². The molecular weight excluding hydrogens is 352 g/mol. The van der Waals surface area contributed by atoms with E-state index in [9.17, 15) is 18.7 Å². The third kappa shape index (κ3) is 4.35. The zero-order valence-corrected chi connectivity index (χ0v) is 15.9. The van der Waals surface area contributed by atoms with Crippen LogP contribution in [0, 0.1) is 24.5 Å². The summed E-state index contributed by atoms with van der Waals surface area (Å²) in [5.74, 6) is -1.61. The molecule has 2 N–H and O–H groups in total. The van der Waals surface area contributed by atoms with Crippen LogP contribution in [0.1, 0.15) is 49.2 Å². The number of nitrogens with one attached hydrogen (secondary N) is 1. The minimum atomic E-state index is -0.948. The van der Waals surface area contributed by atoms with Gasteiger partial charge in [0.2, 0.25) is 0 Å². The molecule has 27 heavy (non-hydrogen) atoms. The number of amides is 1. The fourth-order valence-corrected chi connectivity index (χ4v) is 3.74. The van der Waals surface area contributed by atoms with Crippen molar-refractivity contribution in [3.05, 3.63) is 41.1 Å². The zero-order valence-electron chi connectivity index (χ0n) is 15.9. The molecule has 2 aromatic rings. The number of likely N-dealkylation sites (tertiary alicyclic amines) is 1. The van der Waals surface area contributed by atoms with Crippen molar-refractivity contribution >= 4 is 5.91 Å². The number of carbonyl (C=O) groups is 1. The molecule has 7 heteroatoms. The predicted octanol–water partition coefficient (Wildman–Crippen LogP) is 3.68. The number of aromatic nitrogens is 2. The number of aromatic amines is 1. The molecule has 146 valence electrons. The minimum Gasteiger partial charge on any atom is -0.390 e. The molecule has 1 amide bonds. The van der Waals surface area contributed by atoms with Gasteiger partial charge in [-0.05, 0) is 64.2 Å². The van der Waals surface area contributed by atoms with Crippen molar-refractivity contribution in [2.45, 2.75) is 45.6 Å². The third-order valence-corrected chi connectivity index (χ3v) is 5.11. The summed E-state index contributed by atoms with van der Waals surface area (Å²) in [6, 6.07) is 3.57. The highest BCUT2D eigenvalue weighted by Gasteiger charge is 2.29. The van der Waals surface area contributed by atoms with Crippen LogP contribution in [0.15, 0.2) is 18.2 Å². The molecule has 0 spiro atoms. The van der Waals surface area contributed by atoms with Crippen molar-refractivity contribution in [1.82, 2.24) is 15.1 Å². The van der Waals surface area contributed by atoms with Gasteiger partial charge in [0, 0.05) is 24.2 Å². The smallest absolute Gasteiger partial charge is 0.272 e. The SMILES string of the molecule is Cc1c(-c2ccc(F)c(F)c2)n[nH]c1C(=O)N1CCC(CC(C)(C)O)CC1. The van der Waals surface area contributed by atoms with Crippen molar-refractivity contribution in [2.75, 3.05) is 13.1 Å². The van der Waals surface area contributed by atoms with Gasteiger partial charge in [0.15, 0.2) is 11.6 Å². The Labute approximate surface area is 157 Å². The standard InChI is InChI=1S/C20H25F2N3O2/c1-12-17(14-4-5-15(21)16(22)10-14)23-24-18(12)19(26)25-8-6-13(7-9-25)11-20(2,3)27/h4-5,10,13,27H,6-9,11H2,1-3H3,(H,23,24). The van der Waals surface area contributed by atoms with Crippen LogP contribution in [0.5, 0.6) is 0 Å². The van der Waals surface area contributed by atoms with Gasteiger partial charge in [0.25, 0.3) is 5.91 Å². The summed E-state index contributed by atoms with van der Waals surface area (Å²) in [5.41, 5.74) is 1.15. The number of piperidine rings is 1. The van der Waals surface area contributed by atoms with Crippen molar-refractivity contribution in [2.24, 2.45) is 5.92 Å². The summed E-state index contributed by atoms with van der Waals surface area (Å²) >= 11 is 0. The molecule has 1 aromatic heterocycles. The first kappa shape index (κ1) is 19.5. The maximum Gasteiger partial charge on any atom is 0.272 e. The topological polar surface area (TPSA) is 69.2 Å². The number of benzene rings is 1. The fraction of sp³-hybridized carbons (Fsp3) is 0.500. The van der Waals surface area contributed by atoms with Crippen molar-refractivity contribution < 1.29 is 18.7 Å². The van der Waals surface area contributed by atoms with Gasteiger partial charge in [-0.1, -0.05) is 0 Å². The van der Waals surface area contributed by atoms with E-state index in [4.69, 9.17) is 0 Å². The van der Waals surface area contributed by atoms with E-state index in [1.807, 2.05) is 0 Å². The van der Waals surface area contributed by atoms with Crippen molar-refractivity contribution in [1.29, 1.82) is 0 Å². The summed E-state index contributed by atoms with van der Waals surface area (Å²) in [4.78, 5) is 14.6. The van der Waals surface area contributed by atoms with E-state index < -0.39 is 17.2 Å². The largest absolute Gasteiger partial charge is 0.390 e. The van der Waals surface area contributed by atoms with Gasteiger partial charge in [-0.3, -0.25) is 9.89 Å². The second-order valence-corrected chi connectivity index (χ2v) is 7.95. The van der Waals surface area contributed by atoms with Crippen LogP contribution in [-0.2, 0) is 0 Å². The van der Waals surface area contributed by atoms with Gasteiger partial charge in [-0.25, -0.2) is 8.78 Å². The molecule has 0 bridgehead atoms. The Bertz CT molecular complexity index is 834. The fourth-order valence-electron chi connectivity index (χ4n) is 3.74. The lowest BCUT2D eigenvalue weighted by Gasteiger charge is -2.34. The van der Waals surface area contributed by atoms with E-state index in [0.717, 1.165) is 31.4 Å². The maximum atomic E-state index is 13.5. The van der Waals surface area contributed by atoms with Gasteiger partial charge < -0.3 is 10.0 Å². The van der Waals surface area contributed by atoms with Crippen LogP contribution in [0.3, 0.4) is 0 Å². The van der Waals surface area contributed by atoms with Gasteiger partial charge in [0.05, 0.1) is 11.3 Å². The van der Waals surface area contributed by atoms with Gasteiger partial charge in [-0.2, -0.15) is 5.10 Å². The number of aliphatic hydroxyl groups is 1. The van der Waals surface area contributed by atoms with Crippen LogP contribution >= 0.6 is 0 Å². The number of nitrogens with zero attached hydrogens (tertiary/aromatic N) is 2. The summed E-state index contributed by atoms with van der Waals surface area (Å²) in [6.07, 6.45) is 2.41. The summed E-state index contributed by atoms with van der Waals surface area (Å²) in [5, 5.41) is 16.9. The lowest BCUT2D eigenvalue weighted by atomic mass is 9.86. The summed E-state index contributed by atoms with van der Waals surface area (Å²) in [6.45, 7) is 6.60. The molecule has 2 heterocycles. The lowest BCUT2D eigenvalue weighted by Crippen LogP contribution is -2.40. The Morgan fingerprint density at radius 2 is 1.96 bits per heavy atom. The normalized spacial score (nSPS) is 16.0. The van der Waals surface area contributed by atoms with E-state index in [1.54, 1.807) is 25.7 Å². The Balaban J connectivity index is 1.71. The van der Waals surface area contributed by atoms with Gasteiger partial charge in [-0.15, -0.1) is 0 Å². The Morgan fingerprint density at radius 3 is 2.56 bits per heavy atom.